The van der Waals surface area contributed by atoms with Crippen LogP contribution in [0, 0.1) is 13.8 Å². The zero-order chi connectivity index (χ0) is 11.0. The highest BCUT2D eigenvalue weighted by Crippen LogP contribution is 2.32. The molecule has 0 amide bonds. The Morgan fingerprint density at radius 3 is 2.73 bits per heavy atom. The summed E-state index contributed by atoms with van der Waals surface area (Å²) in [4.78, 5) is 7.49. The van der Waals surface area contributed by atoms with E-state index in [1.165, 1.54) is 31.2 Å². The number of fused-ring (bicyclic) bond motifs is 1. The Labute approximate surface area is 98.9 Å². The third-order valence-corrected chi connectivity index (χ3v) is 4.66. The summed E-state index contributed by atoms with van der Waals surface area (Å²) in [7, 11) is 0. The number of thiophene rings is 1. The van der Waals surface area contributed by atoms with Crippen molar-refractivity contribution in [2.24, 2.45) is 0 Å². The minimum absolute atomic E-state index is 1.01. The molecule has 0 spiro atoms. The monoisotopic (exact) mass is 237 g/mol. The van der Waals surface area contributed by atoms with Crippen molar-refractivity contribution >= 4 is 33.3 Å². The first-order valence-corrected chi connectivity index (χ1v) is 7.15. The van der Waals surface area contributed by atoms with Crippen molar-refractivity contribution in [2.75, 3.05) is 6.26 Å². The van der Waals surface area contributed by atoms with Gasteiger partial charge in [-0.15, -0.1) is 23.1 Å². The van der Waals surface area contributed by atoms with Gasteiger partial charge in [-0.25, -0.2) is 0 Å². The van der Waals surface area contributed by atoms with Crippen LogP contribution in [0.2, 0.25) is 0 Å². The predicted molar refractivity (Wildman–Crippen MR) is 70.3 cm³/mol. The molecule has 0 bridgehead atoms. The normalized spacial score (nSPS) is 11.2. The molecule has 3 heteroatoms. The highest BCUT2D eigenvalue weighted by Gasteiger charge is 2.10. The minimum atomic E-state index is 1.01. The van der Waals surface area contributed by atoms with Gasteiger partial charge in [0.25, 0.3) is 0 Å². The number of hydrogen-bond donors (Lipinski definition) is 0. The average Bonchev–Trinajstić information content (AvgIpc) is 2.53. The second-order valence-corrected chi connectivity index (χ2v) is 5.73. The third kappa shape index (κ3) is 1.79. The van der Waals surface area contributed by atoms with Crippen molar-refractivity contribution in [3.05, 3.63) is 22.2 Å². The van der Waals surface area contributed by atoms with Gasteiger partial charge in [-0.05, 0) is 38.2 Å². The van der Waals surface area contributed by atoms with Crippen LogP contribution in [0.5, 0.6) is 0 Å². The molecule has 1 nitrogen and oxygen atoms in total. The standard InChI is InChI=1S/C12H15NS2/c1-5-9-10(14-4)6-11-12(13-9)7(2)8(3)15-11/h6H,5H2,1-4H3. The maximum atomic E-state index is 4.77. The number of pyridine rings is 1. The van der Waals surface area contributed by atoms with Gasteiger partial charge >= 0.3 is 0 Å². The van der Waals surface area contributed by atoms with Crippen LogP contribution in [0.1, 0.15) is 23.1 Å². The average molecular weight is 237 g/mol. The summed E-state index contributed by atoms with van der Waals surface area (Å²) in [5, 5.41) is 0. The van der Waals surface area contributed by atoms with Gasteiger partial charge in [0.2, 0.25) is 0 Å². The molecular formula is C12H15NS2. The Morgan fingerprint density at radius 1 is 1.40 bits per heavy atom. The van der Waals surface area contributed by atoms with Crippen molar-refractivity contribution in [1.82, 2.24) is 4.98 Å². The first-order chi connectivity index (χ1) is 7.17. The maximum Gasteiger partial charge on any atom is 0.0845 e. The van der Waals surface area contributed by atoms with Crippen LogP contribution >= 0.6 is 23.1 Å². The molecular weight excluding hydrogens is 222 g/mol. The van der Waals surface area contributed by atoms with E-state index in [2.05, 4.69) is 33.1 Å². The van der Waals surface area contributed by atoms with Gasteiger partial charge in [-0.1, -0.05) is 6.92 Å². The summed E-state index contributed by atoms with van der Waals surface area (Å²) in [6.07, 6.45) is 3.13. The molecule has 0 saturated heterocycles. The molecule has 0 aromatic carbocycles. The molecule has 0 N–H and O–H groups in total. The fraction of sp³-hybridized carbons (Fsp3) is 0.417. The summed E-state index contributed by atoms with van der Waals surface area (Å²) < 4.78 is 1.33. The quantitative estimate of drug-likeness (QED) is 0.726. The van der Waals surface area contributed by atoms with Gasteiger partial charge in [0.15, 0.2) is 0 Å². The predicted octanol–water partition coefficient (Wildman–Crippen LogP) is 4.20. The Hall–Kier alpha value is -0.540. The van der Waals surface area contributed by atoms with E-state index in [1.807, 2.05) is 11.3 Å². The van der Waals surface area contributed by atoms with Crippen molar-refractivity contribution in [3.8, 4) is 0 Å². The van der Waals surface area contributed by atoms with E-state index >= 15 is 0 Å². The number of rotatable bonds is 2. The van der Waals surface area contributed by atoms with E-state index in [4.69, 9.17) is 4.98 Å². The number of thioether (sulfide) groups is 1. The van der Waals surface area contributed by atoms with Gasteiger partial charge in [0, 0.05) is 9.77 Å². The number of aryl methyl sites for hydroxylation is 3. The van der Waals surface area contributed by atoms with Crippen LogP contribution in [0.25, 0.3) is 10.2 Å². The second-order valence-electron chi connectivity index (χ2n) is 3.62. The van der Waals surface area contributed by atoms with Gasteiger partial charge in [-0.2, -0.15) is 0 Å². The molecule has 0 unspecified atom stereocenters. The lowest BCUT2D eigenvalue weighted by molar-refractivity contribution is 1.00. The molecule has 2 heterocycles. The lowest BCUT2D eigenvalue weighted by Gasteiger charge is -2.04. The van der Waals surface area contributed by atoms with E-state index < -0.39 is 0 Å². The first kappa shape index (κ1) is 11.0. The van der Waals surface area contributed by atoms with E-state index in [1.54, 1.807) is 11.8 Å². The van der Waals surface area contributed by atoms with Crippen molar-refractivity contribution in [1.29, 1.82) is 0 Å². The molecule has 2 aromatic rings. The van der Waals surface area contributed by atoms with Gasteiger partial charge in [-0.3, -0.25) is 4.98 Å². The summed E-state index contributed by atoms with van der Waals surface area (Å²) in [5.74, 6) is 0. The van der Waals surface area contributed by atoms with Crippen LogP contribution in [-0.2, 0) is 6.42 Å². The zero-order valence-corrected chi connectivity index (χ0v) is 11.2. The Balaban J connectivity index is 2.75. The maximum absolute atomic E-state index is 4.77. The molecule has 2 rings (SSSR count). The molecule has 0 aliphatic carbocycles. The third-order valence-electron chi connectivity index (χ3n) is 2.73. The van der Waals surface area contributed by atoms with Crippen LogP contribution in [-0.4, -0.2) is 11.2 Å². The van der Waals surface area contributed by atoms with Gasteiger partial charge in [0.1, 0.15) is 0 Å². The zero-order valence-electron chi connectivity index (χ0n) is 9.55. The van der Waals surface area contributed by atoms with Crippen LogP contribution in [0.15, 0.2) is 11.0 Å². The fourth-order valence-electron chi connectivity index (χ4n) is 1.70. The lowest BCUT2D eigenvalue weighted by atomic mass is 10.2. The molecule has 15 heavy (non-hydrogen) atoms. The first-order valence-electron chi connectivity index (χ1n) is 5.11. The largest absolute Gasteiger partial charge is 0.251 e. The second kappa shape index (κ2) is 4.14. The summed E-state index contributed by atoms with van der Waals surface area (Å²) in [5.41, 5.74) is 3.78. The van der Waals surface area contributed by atoms with Crippen LogP contribution < -0.4 is 0 Å². The Kier molecular flexibility index (Phi) is 3.03. The van der Waals surface area contributed by atoms with E-state index in [0.717, 1.165) is 6.42 Å². The molecule has 80 valence electrons. The van der Waals surface area contributed by atoms with Gasteiger partial charge < -0.3 is 0 Å². The summed E-state index contributed by atoms with van der Waals surface area (Å²) in [6, 6.07) is 2.29. The topological polar surface area (TPSA) is 12.9 Å². The summed E-state index contributed by atoms with van der Waals surface area (Å²) >= 11 is 3.65. The Bertz CT molecular complexity index is 500. The highest BCUT2D eigenvalue weighted by atomic mass is 32.2. The fourth-order valence-corrected chi connectivity index (χ4v) is 3.49. The molecule has 0 aliphatic rings. The SMILES string of the molecule is CCc1nc2c(C)c(C)sc2cc1SC. The summed E-state index contributed by atoms with van der Waals surface area (Å²) in [6.45, 7) is 6.51. The number of aromatic nitrogens is 1. The van der Waals surface area contributed by atoms with Crippen molar-refractivity contribution in [3.63, 3.8) is 0 Å². The minimum Gasteiger partial charge on any atom is -0.251 e. The molecule has 0 atom stereocenters. The molecule has 0 aliphatic heterocycles. The van der Waals surface area contributed by atoms with Crippen LogP contribution in [0.3, 0.4) is 0 Å². The number of hydrogen-bond acceptors (Lipinski definition) is 3. The van der Waals surface area contributed by atoms with E-state index in [-0.39, 0.29) is 0 Å². The van der Waals surface area contributed by atoms with E-state index in [9.17, 15) is 0 Å². The molecule has 0 radical (unpaired) electrons. The van der Waals surface area contributed by atoms with Gasteiger partial charge in [0.05, 0.1) is 15.9 Å². The molecule has 2 aromatic heterocycles. The van der Waals surface area contributed by atoms with Crippen molar-refractivity contribution in [2.45, 2.75) is 32.1 Å². The number of nitrogens with zero attached hydrogens (tertiary/aromatic N) is 1. The highest BCUT2D eigenvalue weighted by molar-refractivity contribution is 7.98. The molecule has 0 saturated carbocycles. The van der Waals surface area contributed by atoms with Crippen molar-refractivity contribution < 1.29 is 0 Å². The lowest BCUT2D eigenvalue weighted by Crippen LogP contribution is -1.91. The smallest absolute Gasteiger partial charge is 0.0845 e. The Morgan fingerprint density at radius 2 is 2.13 bits per heavy atom. The van der Waals surface area contributed by atoms with E-state index in [0.29, 0.717) is 0 Å². The van der Waals surface area contributed by atoms with Crippen LogP contribution in [0.4, 0.5) is 0 Å². The molecule has 0 fully saturated rings.